The highest BCUT2D eigenvalue weighted by Crippen LogP contribution is 2.39. The van der Waals surface area contributed by atoms with Crippen LogP contribution in [0.2, 0.25) is 0 Å². The van der Waals surface area contributed by atoms with Crippen LogP contribution in [0.1, 0.15) is 41.1 Å². The average Bonchev–Trinajstić information content (AvgIpc) is 3.40. The van der Waals surface area contributed by atoms with E-state index in [1.54, 1.807) is 0 Å². The van der Waals surface area contributed by atoms with E-state index in [0.717, 1.165) is 46.9 Å². The standard InChI is InChI=1S/C50H34N2/c1-2-10-31(11-3-1)33-13-4-5-14-37(24-33)46-30-47-38-16-8-15-35(25-38)45-29-41(27-40-23-20-32-12-6-7-18-42(32)48(40)45)34-21-22-36-26-39-17-9-19-43(50(51-46)52-47)49(39)44(36)28-34/h1-4,6-13,15-25,27-30,37H,5,14,26H2. The topological polar surface area (TPSA) is 25.8 Å². The van der Waals surface area contributed by atoms with Gasteiger partial charge >= 0.3 is 0 Å². The van der Waals surface area contributed by atoms with E-state index in [1.807, 2.05) is 0 Å². The number of aromatic nitrogens is 2. The number of hydrogen-bond acceptors (Lipinski definition) is 2. The molecule has 1 atom stereocenters. The van der Waals surface area contributed by atoms with Crippen molar-refractivity contribution in [3.63, 3.8) is 0 Å². The summed E-state index contributed by atoms with van der Waals surface area (Å²) in [5, 5.41) is 14.7. The zero-order valence-corrected chi connectivity index (χ0v) is 28.7. The van der Waals surface area contributed by atoms with Gasteiger partial charge in [0.1, 0.15) is 0 Å². The molecule has 0 spiro atoms. The van der Waals surface area contributed by atoms with Crippen molar-refractivity contribution in [2.24, 2.45) is 0 Å². The summed E-state index contributed by atoms with van der Waals surface area (Å²) in [6, 6.07) is 53.8. The lowest BCUT2D eigenvalue weighted by Crippen LogP contribution is -2.01. The molecule has 0 fully saturated rings. The largest absolute Gasteiger partial charge is 0.232 e. The van der Waals surface area contributed by atoms with Crippen LogP contribution in [0.3, 0.4) is 0 Å². The van der Waals surface area contributed by atoms with Gasteiger partial charge in [0.15, 0.2) is 5.65 Å². The molecule has 0 aliphatic heterocycles. The third kappa shape index (κ3) is 4.72. The predicted octanol–water partition coefficient (Wildman–Crippen LogP) is 13.1. The van der Waals surface area contributed by atoms with Crippen molar-refractivity contribution < 1.29 is 0 Å². The summed E-state index contributed by atoms with van der Waals surface area (Å²) in [4.78, 5) is 10.9. The molecule has 1 unspecified atom stereocenters. The second kappa shape index (κ2) is 11.6. The lowest BCUT2D eigenvalue weighted by Gasteiger charge is -2.13. The molecule has 0 radical (unpaired) electrons. The highest BCUT2D eigenvalue weighted by atomic mass is 14.9. The first-order chi connectivity index (χ1) is 25.7. The Balaban J connectivity index is 1.31. The Morgan fingerprint density at radius 2 is 1.25 bits per heavy atom. The fraction of sp³-hybridized carbons (Fsp3) is 0.0800. The van der Waals surface area contributed by atoms with Gasteiger partial charge in [-0.05, 0) is 126 Å². The van der Waals surface area contributed by atoms with Crippen LogP contribution < -0.4 is 0 Å². The van der Waals surface area contributed by atoms with Gasteiger partial charge in [0.05, 0.1) is 11.2 Å². The highest BCUT2D eigenvalue weighted by molar-refractivity contribution is 6.22. The third-order valence-electron chi connectivity index (χ3n) is 11.4. The van der Waals surface area contributed by atoms with E-state index < -0.39 is 0 Å². The molecule has 2 aliphatic carbocycles. The Kier molecular flexibility index (Phi) is 6.54. The number of benzene rings is 7. The Bertz CT molecular complexity index is 3100. The number of allylic oxidation sites excluding steroid dienone is 4. The fourth-order valence-electron chi connectivity index (χ4n) is 8.81. The molecule has 2 aliphatic rings. The Hall–Kier alpha value is -6.38. The van der Waals surface area contributed by atoms with E-state index in [2.05, 4.69) is 164 Å². The molecular formula is C50H34N2. The average molecular weight is 663 g/mol. The van der Waals surface area contributed by atoms with Crippen molar-refractivity contribution in [2.45, 2.75) is 25.2 Å². The summed E-state index contributed by atoms with van der Waals surface area (Å²) in [7, 11) is 0. The maximum atomic E-state index is 5.47. The van der Waals surface area contributed by atoms with Crippen molar-refractivity contribution in [3.8, 4) is 0 Å². The van der Waals surface area contributed by atoms with Crippen LogP contribution in [0.15, 0.2) is 164 Å². The molecule has 0 amide bonds. The van der Waals surface area contributed by atoms with Crippen molar-refractivity contribution >= 4 is 81.4 Å². The van der Waals surface area contributed by atoms with Crippen molar-refractivity contribution in [1.29, 1.82) is 0 Å². The molecule has 52 heavy (non-hydrogen) atoms. The molecule has 11 rings (SSSR count). The van der Waals surface area contributed by atoms with Crippen LogP contribution in [0.25, 0.3) is 81.4 Å². The van der Waals surface area contributed by atoms with Gasteiger partial charge in [-0.15, -0.1) is 0 Å². The minimum Gasteiger partial charge on any atom is -0.232 e. The first kappa shape index (κ1) is 29.4. The molecule has 0 saturated heterocycles. The van der Waals surface area contributed by atoms with Gasteiger partial charge in [0.25, 0.3) is 0 Å². The monoisotopic (exact) mass is 662 g/mol. The Labute approximate surface area is 301 Å². The van der Waals surface area contributed by atoms with Gasteiger partial charge in [-0.25, -0.2) is 9.97 Å². The summed E-state index contributed by atoms with van der Waals surface area (Å²) in [6.45, 7) is 0. The quantitative estimate of drug-likeness (QED) is 0.172. The summed E-state index contributed by atoms with van der Waals surface area (Å²) in [5.41, 5.74) is 8.00. The summed E-state index contributed by atoms with van der Waals surface area (Å²) in [5.74, 6) is 0.149. The molecule has 2 nitrogen and oxygen atoms in total. The molecule has 8 bridgehead atoms. The smallest absolute Gasteiger partial charge is 0.160 e. The molecule has 0 N–H and O–H groups in total. The van der Waals surface area contributed by atoms with Gasteiger partial charge in [-0.3, -0.25) is 0 Å². The number of hydrogen-bond donors (Lipinski definition) is 0. The number of rotatable bonds is 2. The number of nitrogens with zero attached hydrogens (tertiary/aromatic N) is 2. The van der Waals surface area contributed by atoms with Crippen LogP contribution in [0, 0.1) is 0 Å². The second-order valence-corrected chi connectivity index (χ2v) is 14.5. The zero-order chi connectivity index (χ0) is 34.2. The summed E-state index contributed by atoms with van der Waals surface area (Å²) >= 11 is 0. The first-order valence-electron chi connectivity index (χ1n) is 18.4. The van der Waals surface area contributed by atoms with Gasteiger partial charge in [0.2, 0.25) is 0 Å². The molecule has 9 aromatic rings. The molecular weight excluding hydrogens is 629 g/mol. The normalized spacial score (nSPS) is 15.3. The molecule has 2 heteroatoms. The van der Waals surface area contributed by atoms with E-state index in [0.29, 0.717) is 0 Å². The van der Waals surface area contributed by atoms with Crippen LogP contribution in [-0.2, 0) is 6.42 Å². The van der Waals surface area contributed by atoms with Gasteiger partial charge in [-0.2, -0.15) is 0 Å². The van der Waals surface area contributed by atoms with E-state index in [1.165, 1.54) is 76.1 Å². The lowest BCUT2D eigenvalue weighted by molar-refractivity contribution is 0.736. The minimum atomic E-state index is 0.149. The van der Waals surface area contributed by atoms with Crippen LogP contribution in [-0.4, -0.2) is 9.97 Å². The second-order valence-electron chi connectivity index (χ2n) is 14.5. The fourth-order valence-corrected chi connectivity index (χ4v) is 8.81. The molecule has 244 valence electrons. The SMILES string of the molecule is C1=CC(c2ccccc2)=CC(c2cc3nc(n2)c2cccc4c2c2cc(ccc2C4)c2cc4ccc5ccccc5c4c(c2)c2cccc3c2)CC1. The molecule has 0 saturated carbocycles. The third-order valence-corrected chi connectivity index (χ3v) is 11.4. The van der Waals surface area contributed by atoms with E-state index in [-0.39, 0.29) is 5.92 Å². The maximum Gasteiger partial charge on any atom is 0.160 e. The number of fused-ring (bicyclic) bond motifs is 15. The van der Waals surface area contributed by atoms with E-state index in [9.17, 15) is 0 Å². The van der Waals surface area contributed by atoms with Gasteiger partial charge < -0.3 is 0 Å². The Morgan fingerprint density at radius 3 is 2.21 bits per heavy atom. The van der Waals surface area contributed by atoms with Crippen molar-refractivity contribution in [1.82, 2.24) is 9.97 Å². The molecule has 2 heterocycles. The van der Waals surface area contributed by atoms with Crippen LogP contribution in [0.4, 0.5) is 0 Å². The van der Waals surface area contributed by atoms with Crippen molar-refractivity contribution in [2.75, 3.05) is 0 Å². The van der Waals surface area contributed by atoms with Gasteiger partial charge in [0, 0.05) is 16.7 Å². The maximum absolute atomic E-state index is 5.47. The first-order valence-corrected chi connectivity index (χ1v) is 18.4. The summed E-state index contributed by atoms with van der Waals surface area (Å²) in [6.07, 6.45) is 9.91. The van der Waals surface area contributed by atoms with Crippen LogP contribution >= 0.6 is 0 Å². The lowest BCUT2D eigenvalue weighted by atomic mass is 9.94. The summed E-state index contributed by atoms with van der Waals surface area (Å²) < 4.78 is 0. The van der Waals surface area contributed by atoms with E-state index in [4.69, 9.17) is 9.97 Å². The van der Waals surface area contributed by atoms with Gasteiger partial charge in [-0.1, -0.05) is 133 Å². The van der Waals surface area contributed by atoms with Crippen LogP contribution in [0.5, 0.6) is 0 Å². The van der Waals surface area contributed by atoms with Crippen molar-refractivity contribution in [3.05, 3.63) is 186 Å². The predicted molar refractivity (Wildman–Crippen MR) is 221 cm³/mol. The zero-order valence-electron chi connectivity index (χ0n) is 28.7. The molecule has 7 aromatic carbocycles. The molecule has 2 aromatic heterocycles. The van der Waals surface area contributed by atoms with E-state index >= 15 is 0 Å². The Morgan fingerprint density at radius 1 is 0.481 bits per heavy atom. The highest BCUT2D eigenvalue weighted by Gasteiger charge is 2.19. The minimum absolute atomic E-state index is 0.149.